The van der Waals surface area contributed by atoms with E-state index in [1.807, 2.05) is 19.9 Å². The Kier molecular flexibility index (Phi) is 10.4. The Labute approximate surface area is 207 Å². The van der Waals surface area contributed by atoms with Crippen LogP contribution in [0.2, 0.25) is 0 Å². The summed E-state index contributed by atoms with van der Waals surface area (Å²) in [6, 6.07) is 3.99. The van der Waals surface area contributed by atoms with E-state index in [0.29, 0.717) is 30.7 Å². The molecule has 1 aromatic carbocycles. The molecular formula is C28H44ClNO3. The lowest BCUT2D eigenvalue weighted by atomic mass is 9.84. The molecule has 2 fully saturated rings. The highest BCUT2D eigenvalue weighted by Gasteiger charge is 2.34. The first kappa shape index (κ1) is 26.3. The molecule has 0 amide bonds. The second-order valence-corrected chi connectivity index (χ2v) is 10.3. The van der Waals surface area contributed by atoms with E-state index in [9.17, 15) is 4.79 Å². The van der Waals surface area contributed by atoms with Crippen LogP contribution in [0.15, 0.2) is 12.1 Å². The normalized spacial score (nSPS) is 22.8. The fourth-order valence-electron chi connectivity index (χ4n) is 6.20. The van der Waals surface area contributed by atoms with Gasteiger partial charge in [-0.05, 0) is 95.0 Å². The lowest BCUT2D eigenvalue weighted by Crippen LogP contribution is -2.38. The summed E-state index contributed by atoms with van der Waals surface area (Å²) in [6.07, 6.45) is 14.5. The van der Waals surface area contributed by atoms with E-state index in [-0.39, 0.29) is 18.3 Å². The first-order valence-corrected chi connectivity index (χ1v) is 13.4. The van der Waals surface area contributed by atoms with Gasteiger partial charge in [-0.2, -0.15) is 0 Å². The lowest BCUT2D eigenvalue weighted by molar-refractivity contribution is 0.0889. The van der Waals surface area contributed by atoms with Crippen LogP contribution in [0.3, 0.4) is 0 Å². The molecule has 0 bridgehead atoms. The zero-order valence-electron chi connectivity index (χ0n) is 20.8. The van der Waals surface area contributed by atoms with E-state index in [1.54, 1.807) is 0 Å². The average Bonchev–Trinajstić information content (AvgIpc) is 3.06. The summed E-state index contributed by atoms with van der Waals surface area (Å²) in [5, 5.41) is 0. The summed E-state index contributed by atoms with van der Waals surface area (Å²) in [6.45, 7) is 8.89. The molecule has 0 spiro atoms. The van der Waals surface area contributed by atoms with Crippen LogP contribution in [-0.2, 0) is 6.42 Å². The van der Waals surface area contributed by atoms with Gasteiger partial charge in [0, 0.05) is 18.0 Å². The Morgan fingerprint density at radius 2 is 1.45 bits per heavy atom. The second-order valence-electron chi connectivity index (χ2n) is 10.3. The average molecular weight is 478 g/mol. The number of ketones is 1. The standard InChI is InChI=1S/C28H43NO3.ClH/c1-3-31-26-18-23-17-24(28(30)25(23)19-27(26)32-4-2)16-21-12-14-29(15-13-21)20-22-10-8-6-5-7-9-11-22;/h18-19,21-22,24H,3-17,20H2,1-2H3;1H. The van der Waals surface area contributed by atoms with E-state index >= 15 is 0 Å². The van der Waals surface area contributed by atoms with Crippen molar-refractivity contribution in [2.75, 3.05) is 32.8 Å². The van der Waals surface area contributed by atoms with Crippen molar-refractivity contribution in [2.24, 2.45) is 17.8 Å². The van der Waals surface area contributed by atoms with Crippen molar-refractivity contribution in [3.8, 4) is 11.5 Å². The van der Waals surface area contributed by atoms with Crippen LogP contribution in [0.1, 0.15) is 94.0 Å². The largest absolute Gasteiger partial charge is 0.490 e. The van der Waals surface area contributed by atoms with Crippen molar-refractivity contribution in [1.82, 2.24) is 4.90 Å². The minimum Gasteiger partial charge on any atom is -0.490 e. The molecule has 5 heteroatoms. The lowest BCUT2D eigenvalue weighted by Gasteiger charge is -2.35. The van der Waals surface area contributed by atoms with Gasteiger partial charge in [0.2, 0.25) is 0 Å². The molecule has 186 valence electrons. The third kappa shape index (κ3) is 6.88. The highest BCUT2D eigenvalue weighted by molar-refractivity contribution is 6.02. The predicted octanol–water partition coefficient (Wildman–Crippen LogP) is 6.72. The van der Waals surface area contributed by atoms with Gasteiger partial charge in [-0.3, -0.25) is 4.79 Å². The molecule has 1 aliphatic heterocycles. The number of carbonyl (C=O) groups excluding carboxylic acids is 1. The Hall–Kier alpha value is -1.26. The minimum absolute atomic E-state index is 0. The first-order chi connectivity index (χ1) is 15.7. The van der Waals surface area contributed by atoms with Crippen LogP contribution < -0.4 is 9.47 Å². The predicted molar refractivity (Wildman–Crippen MR) is 137 cm³/mol. The smallest absolute Gasteiger partial charge is 0.166 e. The van der Waals surface area contributed by atoms with E-state index in [2.05, 4.69) is 11.0 Å². The molecule has 1 saturated heterocycles. The van der Waals surface area contributed by atoms with Crippen molar-refractivity contribution in [3.05, 3.63) is 23.3 Å². The summed E-state index contributed by atoms with van der Waals surface area (Å²) in [5.41, 5.74) is 2.01. The Balaban J connectivity index is 0.00000306. The molecule has 1 heterocycles. The van der Waals surface area contributed by atoms with Crippen LogP contribution >= 0.6 is 12.4 Å². The van der Waals surface area contributed by atoms with Crippen LogP contribution in [0.4, 0.5) is 0 Å². The monoisotopic (exact) mass is 477 g/mol. The molecule has 1 saturated carbocycles. The topological polar surface area (TPSA) is 38.8 Å². The fraction of sp³-hybridized carbons (Fsp3) is 0.750. The molecule has 0 radical (unpaired) electrons. The highest BCUT2D eigenvalue weighted by atomic mass is 35.5. The molecule has 33 heavy (non-hydrogen) atoms. The number of ether oxygens (including phenoxy) is 2. The van der Waals surface area contributed by atoms with Gasteiger partial charge in [0.1, 0.15) is 0 Å². The third-order valence-electron chi connectivity index (χ3n) is 7.94. The van der Waals surface area contributed by atoms with Gasteiger partial charge in [0.05, 0.1) is 13.2 Å². The second kappa shape index (κ2) is 13.0. The van der Waals surface area contributed by atoms with Crippen LogP contribution in [-0.4, -0.2) is 43.5 Å². The Bertz CT molecular complexity index is 752. The number of rotatable bonds is 8. The number of fused-ring (bicyclic) bond motifs is 1. The maximum absolute atomic E-state index is 13.2. The SMILES string of the molecule is CCOc1cc2c(cc1OCC)C(=O)C(CC1CCN(CC3CCCCCCC3)CC1)C2.Cl. The van der Waals surface area contributed by atoms with Crippen LogP contribution in [0.25, 0.3) is 0 Å². The van der Waals surface area contributed by atoms with E-state index in [0.717, 1.165) is 35.6 Å². The number of hydrogen-bond donors (Lipinski definition) is 0. The Morgan fingerprint density at radius 1 is 0.848 bits per heavy atom. The molecule has 1 aromatic rings. The molecule has 1 atom stereocenters. The van der Waals surface area contributed by atoms with E-state index in [4.69, 9.17) is 9.47 Å². The van der Waals surface area contributed by atoms with Gasteiger partial charge in [-0.25, -0.2) is 0 Å². The summed E-state index contributed by atoms with van der Waals surface area (Å²) < 4.78 is 11.5. The zero-order valence-corrected chi connectivity index (χ0v) is 21.6. The molecule has 0 N–H and O–H groups in total. The molecule has 2 aliphatic carbocycles. The number of carbonyl (C=O) groups is 1. The summed E-state index contributed by atoms with van der Waals surface area (Å²) >= 11 is 0. The van der Waals surface area contributed by atoms with Crippen molar-refractivity contribution >= 4 is 18.2 Å². The van der Waals surface area contributed by atoms with E-state index in [1.165, 1.54) is 77.4 Å². The van der Waals surface area contributed by atoms with Gasteiger partial charge < -0.3 is 14.4 Å². The van der Waals surface area contributed by atoms with Crippen LogP contribution in [0.5, 0.6) is 11.5 Å². The first-order valence-electron chi connectivity index (χ1n) is 13.4. The number of likely N-dealkylation sites (tertiary alicyclic amines) is 1. The molecule has 4 nitrogen and oxygen atoms in total. The number of Topliss-reactive ketones (excluding diaryl/α,β-unsaturated/α-hetero) is 1. The minimum atomic E-state index is 0. The van der Waals surface area contributed by atoms with Crippen molar-refractivity contribution in [1.29, 1.82) is 0 Å². The fourth-order valence-corrected chi connectivity index (χ4v) is 6.20. The Morgan fingerprint density at radius 3 is 2.09 bits per heavy atom. The number of benzene rings is 1. The van der Waals surface area contributed by atoms with Crippen LogP contribution in [0, 0.1) is 17.8 Å². The van der Waals surface area contributed by atoms with Crippen molar-refractivity contribution in [2.45, 2.75) is 84.5 Å². The highest BCUT2D eigenvalue weighted by Crippen LogP contribution is 2.40. The number of hydrogen-bond acceptors (Lipinski definition) is 4. The number of halogens is 1. The molecule has 1 unspecified atom stereocenters. The number of nitrogens with zero attached hydrogens (tertiary/aromatic N) is 1. The van der Waals surface area contributed by atoms with E-state index < -0.39 is 0 Å². The summed E-state index contributed by atoms with van der Waals surface area (Å²) in [5.74, 6) is 3.55. The quantitative estimate of drug-likeness (QED) is 0.416. The molecular weight excluding hydrogens is 434 g/mol. The number of piperidine rings is 1. The van der Waals surface area contributed by atoms with Gasteiger partial charge in [0.25, 0.3) is 0 Å². The molecule has 0 aromatic heterocycles. The zero-order chi connectivity index (χ0) is 22.3. The maximum Gasteiger partial charge on any atom is 0.166 e. The maximum atomic E-state index is 13.2. The third-order valence-corrected chi connectivity index (χ3v) is 7.94. The molecule has 4 rings (SSSR count). The van der Waals surface area contributed by atoms with Crippen molar-refractivity contribution < 1.29 is 14.3 Å². The van der Waals surface area contributed by atoms with Gasteiger partial charge >= 0.3 is 0 Å². The van der Waals surface area contributed by atoms with Gasteiger partial charge in [-0.1, -0.05) is 32.1 Å². The van der Waals surface area contributed by atoms with Gasteiger partial charge in [0.15, 0.2) is 17.3 Å². The summed E-state index contributed by atoms with van der Waals surface area (Å²) in [7, 11) is 0. The van der Waals surface area contributed by atoms with Crippen molar-refractivity contribution in [3.63, 3.8) is 0 Å². The van der Waals surface area contributed by atoms with Gasteiger partial charge in [-0.15, -0.1) is 12.4 Å². The molecule has 3 aliphatic rings. The summed E-state index contributed by atoms with van der Waals surface area (Å²) in [4.78, 5) is 15.9.